The molecule has 0 aliphatic carbocycles. The van der Waals surface area contributed by atoms with Gasteiger partial charge in [0.15, 0.2) is 0 Å². The van der Waals surface area contributed by atoms with Gasteiger partial charge < -0.3 is 5.73 Å². The number of benzene rings is 1. The highest BCUT2D eigenvalue weighted by Crippen LogP contribution is 2.23. The Kier molecular flexibility index (Phi) is 4.87. The maximum atomic E-state index is 12.3. The van der Waals surface area contributed by atoms with Gasteiger partial charge in [-0.2, -0.15) is 0 Å². The molecule has 0 aliphatic rings. The lowest BCUT2D eigenvalue weighted by Gasteiger charge is -2.10. The summed E-state index contributed by atoms with van der Waals surface area (Å²) in [7, 11) is -3.60. The summed E-state index contributed by atoms with van der Waals surface area (Å²) in [6, 6.07) is 8.59. The zero-order chi connectivity index (χ0) is 14.6. The number of nitrogens with zero attached hydrogens (tertiary/aromatic N) is 1. The number of hydrogen-bond acceptors (Lipinski definition) is 4. The van der Waals surface area contributed by atoms with Crippen molar-refractivity contribution in [3.63, 3.8) is 0 Å². The lowest BCUT2D eigenvalue weighted by Crippen LogP contribution is -2.24. The van der Waals surface area contributed by atoms with Gasteiger partial charge in [0, 0.05) is 30.0 Å². The molecule has 3 N–H and O–H groups in total. The monoisotopic (exact) mass is 355 g/mol. The second-order valence-corrected chi connectivity index (χ2v) is 6.74. The Balaban J connectivity index is 2.22. The van der Waals surface area contributed by atoms with Crippen molar-refractivity contribution in [2.45, 2.75) is 18.0 Å². The molecule has 2 aromatic rings. The Labute approximate surface area is 126 Å². The highest BCUT2D eigenvalue weighted by molar-refractivity contribution is 9.10. The summed E-state index contributed by atoms with van der Waals surface area (Å²) in [5.41, 5.74) is 7.09. The van der Waals surface area contributed by atoms with E-state index in [1.165, 1.54) is 0 Å². The van der Waals surface area contributed by atoms with Crippen molar-refractivity contribution in [2.24, 2.45) is 5.73 Å². The van der Waals surface area contributed by atoms with Gasteiger partial charge >= 0.3 is 0 Å². The van der Waals surface area contributed by atoms with Crippen LogP contribution < -0.4 is 10.5 Å². The molecule has 0 spiro atoms. The third-order valence-electron chi connectivity index (χ3n) is 2.71. The first-order chi connectivity index (χ1) is 9.53. The van der Waals surface area contributed by atoms with Crippen LogP contribution in [0.15, 0.2) is 52.1 Å². The molecule has 20 heavy (non-hydrogen) atoms. The van der Waals surface area contributed by atoms with Crippen LogP contribution in [-0.4, -0.2) is 13.4 Å². The highest BCUT2D eigenvalue weighted by atomic mass is 79.9. The Bertz CT molecular complexity index is 690. The van der Waals surface area contributed by atoms with Gasteiger partial charge in [-0.25, -0.2) is 13.1 Å². The quantitative estimate of drug-likeness (QED) is 0.855. The van der Waals surface area contributed by atoms with Crippen molar-refractivity contribution >= 4 is 26.0 Å². The van der Waals surface area contributed by atoms with Crippen LogP contribution in [0.1, 0.15) is 11.1 Å². The summed E-state index contributed by atoms with van der Waals surface area (Å²) in [5.74, 6) is 0. The molecule has 0 radical (unpaired) electrons. The van der Waals surface area contributed by atoms with Crippen LogP contribution >= 0.6 is 15.9 Å². The molecule has 1 aromatic heterocycles. The fourth-order valence-corrected chi connectivity index (χ4v) is 3.67. The minimum Gasteiger partial charge on any atom is -0.326 e. The minimum atomic E-state index is -3.60. The van der Waals surface area contributed by atoms with Crippen molar-refractivity contribution in [3.8, 4) is 0 Å². The van der Waals surface area contributed by atoms with E-state index in [0.29, 0.717) is 11.0 Å². The summed E-state index contributed by atoms with van der Waals surface area (Å²) in [6.07, 6.45) is 3.26. The van der Waals surface area contributed by atoms with Gasteiger partial charge in [0.2, 0.25) is 10.0 Å². The van der Waals surface area contributed by atoms with Crippen molar-refractivity contribution in [3.05, 3.63) is 58.3 Å². The smallest absolute Gasteiger partial charge is 0.242 e. The van der Waals surface area contributed by atoms with E-state index >= 15 is 0 Å². The number of pyridine rings is 1. The second kappa shape index (κ2) is 6.45. The third-order valence-corrected chi connectivity index (χ3v) is 5.11. The summed E-state index contributed by atoms with van der Waals surface area (Å²) in [5, 5.41) is 0. The number of rotatable bonds is 5. The van der Waals surface area contributed by atoms with E-state index in [1.54, 1.807) is 42.7 Å². The molecule has 0 bridgehead atoms. The van der Waals surface area contributed by atoms with Gasteiger partial charge in [-0.1, -0.05) is 12.1 Å². The van der Waals surface area contributed by atoms with Crippen LogP contribution in [0.4, 0.5) is 0 Å². The third kappa shape index (κ3) is 3.63. The fraction of sp³-hybridized carbons (Fsp3) is 0.154. The molecule has 0 saturated heterocycles. The summed E-state index contributed by atoms with van der Waals surface area (Å²) < 4.78 is 27.6. The molecule has 5 nitrogen and oxygen atoms in total. The van der Waals surface area contributed by atoms with Gasteiger partial charge in [-0.15, -0.1) is 0 Å². The van der Waals surface area contributed by atoms with E-state index in [1.807, 2.05) is 0 Å². The van der Waals surface area contributed by atoms with E-state index in [9.17, 15) is 8.42 Å². The normalized spacial score (nSPS) is 11.5. The van der Waals surface area contributed by atoms with Crippen LogP contribution in [0.25, 0.3) is 0 Å². The molecule has 2 rings (SSSR count). The Morgan fingerprint density at radius 2 is 2.05 bits per heavy atom. The number of hydrogen-bond donors (Lipinski definition) is 2. The maximum absolute atomic E-state index is 12.3. The van der Waals surface area contributed by atoms with Crippen molar-refractivity contribution in [1.82, 2.24) is 9.71 Å². The number of halogens is 1. The van der Waals surface area contributed by atoms with Gasteiger partial charge in [0.05, 0.1) is 4.90 Å². The number of aromatic nitrogens is 1. The first-order valence-corrected chi connectivity index (χ1v) is 8.17. The maximum Gasteiger partial charge on any atom is 0.242 e. The van der Waals surface area contributed by atoms with Crippen molar-refractivity contribution < 1.29 is 8.42 Å². The summed E-state index contributed by atoms with van der Waals surface area (Å²) >= 11 is 3.25. The first kappa shape index (κ1) is 15.1. The number of nitrogens with one attached hydrogen (secondary N) is 1. The fourth-order valence-electron chi connectivity index (χ4n) is 1.64. The summed E-state index contributed by atoms with van der Waals surface area (Å²) in [4.78, 5) is 4.13. The molecule has 0 unspecified atom stereocenters. The zero-order valence-electron chi connectivity index (χ0n) is 10.6. The lowest BCUT2D eigenvalue weighted by atomic mass is 10.2. The number of nitrogens with two attached hydrogens (primary N) is 1. The van der Waals surface area contributed by atoms with Crippen LogP contribution in [-0.2, 0) is 23.1 Å². The van der Waals surface area contributed by atoms with Gasteiger partial charge in [-0.3, -0.25) is 4.98 Å². The molecule has 0 atom stereocenters. The summed E-state index contributed by atoms with van der Waals surface area (Å²) in [6.45, 7) is 0.480. The molecule has 7 heteroatoms. The van der Waals surface area contributed by atoms with E-state index in [0.717, 1.165) is 11.1 Å². The average Bonchev–Trinajstić information content (AvgIpc) is 2.47. The molecule has 1 aromatic carbocycles. The van der Waals surface area contributed by atoms with E-state index in [4.69, 9.17) is 5.73 Å². The zero-order valence-corrected chi connectivity index (χ0v) is 13.0. The van der Waals surface area contributed by atoms with Crippen LogP contribution in [0, 0.1) is 0 Å². The SMILES string of the molecule is NCc1ccc(Br)c(S(=O)(=O)NCc2cccnc2)c1. The van der Waals surface area contributed by atoms with Crippen LogP contribution in [0.2, 0.25) is 0 Å². The van der Waals surface area contributed by atoms with Gasteiger partial charge in [0.25, 0.3) is 0 Å². The first-order valence-electron chi connectivity index (χ1n) is 5.90. The van der Waals surface area contributed by atoms with Gasteiger partial charge in [0.1, 0.15) is 0 Å². The highest BCUT2D eigenvalue weighted by Gasteiger charge is 2.17. The van der Waals surface area contributed by atoms with Gasteiger partial charge in [-0.05, 0) is 45.3 Å². The predicted octanol–water partition coefficient (Wildman–Crippen LogP) is 1.78. The number of sulfonamides is 1. The van der Waals surface area contributed by atoms with Crippen molar-refractivity contribution in [2.75, 3.05) is 0 Å². The molecule has 0 saturated carbocycles. The van der Waals surface area contributed by atoms with Crippen molar-refractivity contribution in [1.29, 1.82) is 0 Å². The minimum absolute atomic E-state index is 0.185. The van der Waals surface area contributed by atoms with E-state index < -0.39 is 10.0 Å². The molecule has 0 fully saturated rings. The molecule has 0 amide bonds. The standard InChI is InChI=1S/C13H14BrN3O2S/c14-12-4-3-10(7-15)6-13(12)20(18,19)17-9-11-2-1-5-16-8-11/h1-6,8,17H,7,9,15H2. The molecular weight excluding hydrogens is 342 g/mol. The van der Waals surface area contributed by atoms with Crippen LogP contribution in [0.3, 0.4) is 0 Å². The van der Waals surface area contributed by atoms with Crippen LogP contribution in [0.5, 0.6) is 0 Å². The predicted molar refractivity (Wildman–Crippen MR) is 80.3 cm³/mol. The average molecular weight is 356 g/mol. The molecule has 1 heterocycles. The second-order valence-electron chi connectivity index (χ2n) is 4.15. The topological polar surface area (TPSA) is 85.1 Å². The lowest BCUT2D eigenvalue weighted by molar-refractivity contribution is 0.580. The molecule has 0 aliphatic heterocycles. The Morgan fingerprint density at radius 1 is 1.25 bits per heavy atom. The molecular formula is C13H14BrN3O2S. The van der Waals surface area contributed by atoms with E-state index in [2.05, 4.69) is 25.6 Å². The Morgan fingerprint density at radius 3 is 2.70 bits per heavy atom. The Hall–Kier alpha value is -1.28. The molecule has 106 valence electrons. The largest absolute Gasteiger partial charge is 0.326 e. The van der Waals surface area contributed by atoms with E-state index in [-0.39, 0.29) is 11.4 Å².